The maximum Gasteiger partial charge on any atom is 0.0672 e. The van der Waals surface area contributed by atoms with Gasteiger partial charge in [0, 0.05) is 6.54 Å². The lowest BCUT2D eigenvalue weighted by Gasteiger charge is -2.38. The van der Waals surface area contributed by atoms with Gasteiger partial charge in [0.15, 0.2) is 0 Å². The lowest BCUT2D eigenvalue weighted by molar-refractivity contribution is -0.0653. The first kappa shape index (κ1) is 7.32. The van der Waals surface area contributed by atoms with E-state index in [1.807, 2.05) is 0 Å². The Morgan fingerprint density at radius 2 is 2.36 bits per heavy atom. The maximum absolute atomic E-state index is 5.20. The highest BCUT2D eigenvalue weighted by Crippen LogP contribution is 2.33. The van der Waals surface area contributed by atoms with Gasteiger partial charge in [-0.25, -0.2) is 0 Å². The quantitative estimate of drug-likeness (QED) is 0.566. The minimum absolute atomic E-state index is 0.337. The predicted molar refractivity (Wildman–Crippen MR) is 44.5 cm³/mol. The van der Waals surface area contributed by atoms with Gasteiger partial charge in [-0.2, -0.15) is 0 Å². The van der Waals surface area contributed by atoms with Gasteiger partial charge in [-0.3, -0.25) is 0 Å². The Bertz CT molecular complexity index is 184. The van der Waals surface area contributed by atoms with Crippen molar-refractivity contribution in [1.82, 2.24) is 5.32 Å². The van der Waals surface area contributed by atoms with Gasteiger partial charge >= 0.3 is 0 Å². The summed E-state index contributed by atoms with van der Waals surface area (Å²) in [5, 5.41) is 3.52. The van der Waals surface area contributed by atoms with E-state index in [1.54, 1.807) is 0 Å². The number of ether oxygens (including phenoxy) is 1. The molecule has 2 nitrogen and oxygen atoms in total. The molecule has 1 spiro atoms. The molecule has 1 unspecified atom stereocenters. The fourth-order valence-electron chi connectivity index (χ4n) is 1.87. The summed E-state index contributed by atoms with van der Waals surface area (Å²) in [7, 11) is 0. The smallest absolute Gasteiger partial charge is 0.0672 e. The number of hydrogen-bond donors (Lipinski definition) is 1. The van der Waals surface area contributed by atoms with Crippen molar-refractivity contribution >= 4 is 0 Å². The monoisotopic (exact) mass is 153 g/mol. The SMILES string of the molecule is C=C(C)C1CNC2(COC2)C1. The molecule has 2 heterocycles. The molecule has 0 amide bonds. The topological polar surface area (TPSA) is 21.3 Å². The molecule has 0 aliphatic carbocycles. The van der Waals surface area contributed by atoms with Crippen LogP contribution >= 0.6 is 0 Å². The standard InChI is InChI=1S/C9H15NO/c1-7(2)8-3-9(10-4-8)5-11-6-9/h8,10H,1,3-6H2,2H3. The van der Waals surface area contributed by atoms with Crippen LogP contribution in [0.5, 0.6) is 0 Å². The summed E-state index contributed by atoms with van der Waals surface area (Å²) in [6, 6.07) is 0. The van der Waals surface area contributed by atoms with Gasteiger partial charge in [0.25, 0.3) is 0 Å². The van der Waals surface area contributed by atoms with E-state index in [-0.39, 0.29) is 0 Å². The minimum atomic E-state index is 0.337. The summed E-state index contributed by atoms with van der Waals surface area (Å²) in [5.74, 6) is 0.680. The fourth-order valence-corrected chi connectivity index (χ4v) is 1.87. The van der Waals surface area contributed by atoms with Crippen LogP contribution in [0.2, 0.25) is 0 Å². The average molecular weight is 153 g/mol. The number of hydrogen-bond acceptors (Lipinski definition) is 2. The van der Waals surface area contributed by atoms with Crippen LogP contribution in [0.25, 0.3) is 0 Å². The molecule has 2 rings (SSSR count). The van der Waals surface area contributed by atoms with Crippen LogP contribution in [0.4, 0.5) is 0 Å². The largest absolute Gasteiger partial charge is 0.377 e. The lowest BCUT2D eigenvalue weighted by Crippen LogP contribution is -2.56. The van der Waals surface area contributed by atoms with Crippen LogP contribution in [0.1, 0.15) is 13.3 Å². The Morgan fingerprint density at radius 3 is 2.64 bits per heavy atom. The minimum Gasteiger partial charge on any atom is -0.377 e. The highest BCUT2D eigenvalue weighted by molar-refractivity contribution is 5.10. The third-order valence-corrected chi connectivity index (χ3v) is 2.81. The van der Waals surface area contributed by atoms with Gasteiger partial charge < -0.3 is 10.1 Å². The molecule has 1 atom stereocenters. The van der Waals surface area contributed by atoms with E-state index < -0.39 is 0 Å². The fraction of sp³-hybridized carbons (Fsp3) is 0.778. The van der Waals surface area contributed by atoms with Crippen LogP contribution < -0.4 is 5.32 Å². The van der Waals surface area contributed by atoms with Crippen LogP contribution in [0, 0.1) is 5.92 Å². The first-order valence-electron chi connectivity index (χ1n) is 4.20. The van der Waals surface area contributed by atoms with E-state index in [9.17, 15) is 0 Å². The average Bonchev–Trinajstić information content (AvgIpc) is 2.28. The second kappa shape index (κ2) is 2.32. The van der Waals surface area contributed by atoms with Gasteiger partial charge in [-0.1, -0.05) is 12.2 Å². The molecule has 0 aromatic rings. The Morgan fingerprint density at radius 1 is 1.64 bits per heavy atom. The Hall–Kier alpha value is -0.340. The normalized spacial score (nSPS) is 33.7. The summed E-state index contributed by atoms with van der Waals surface area (Å²) in [6.07, 6.45) is 1.22. The summed E-state index contributed by atoms with van der Waals surface area (Å²) < 4.78 is 5.20. The van der Waals surface area contributed by atoms with Gasteiger partial charge in [-0.05, 0) is 19.3 Å². The summed E-state index contributed by atoms with van der Waals surface area (Å²) in [5.41, 5.74) is 1.64. The van der Waals surface area contributed by atoms with Crippen molar-refractivity contribution in [3.05, 3.63) is 12.2 Å². The summed E-state index contributed by atoms with van der Waals surface area (Å²) in [6.45, 7) is 8.99. The number of nitrogens with one attached hydrogen (secondary N) is 1. The van der Waals surface area contributed by atoms with Crippen molar-refractivity contribution in [2.75, 3.05) is 19.8 Å². The van der Waals surface area contributed by atoms with E-state index in [1.165, 1.54) is 12.0 Å². The Kier molecular flexibility index (Phi) is 1.55. The van der Waals surface area contributed by atoms with Crippen molar-refractivity contribution in [1.29, 1.82) is 0 Å². The van der Waals surface area contributed by atoms with Gasteiger partial charge in [0.05, 0.1) is 18.8 Å². The van der Waals surface area contributed by atoms with Crippen molar-refractivity contribution in [3.63, 3.8) is 0 Å². The Labute approximate surface area is 67.6 Å². The molecule has 0 aromatic carbocycles. The zero-order valence-corrected chi connectivity index (χ0v) is 7.02. The molecular formula is C9H15NO. The molecule has 0 bridgehead atoms. The molecule has 2 fully saturated rings. The van der Waals surface area contributed by atoms with Crippen LogP contribution in [0.3, 0.4) is 0 Å². The molecule has 2 saturated heterocycles. The molecular weight excluding hydrogens is 138 g/mol. The third-order valence-electron chi connectivity index (χ3n) is 2.81. The van der Waals surface area contributed by atoms with Crippen LogP contribution in [-0.4, -0.2) is 25.3 Å². The van der Waals surface area contributed by atoms with E-state index in [2.05, 4.69) is 18.8 Å². The maximum atomic E-state index is 5.20. The molecule has 0 saturated carbocycles. The zero-order chi connectivity index (χ0) is 7.90. The van der Waals surface area contributed by atoms with Crippen molar-refractivity contribution in [2.45, 2.75) is 18.9 Å². The third kappa shape index (κ3) is 1.10. The molecule has 2 aliphatic rings. The number of rotatable bonds is 1. The molecule has 0 radical (unpaired) electrons. The summed E-state index contributed by atoms with van der Waals surface area (Å²) >= 11 is 0. The second-order valence-corrected chi connectivity index (χ2v) is 3.90. The van der Waals surface area contributed by atoms with E-state index in [0.29, 0.717) is 11.5 Å². The van der Waals surface area contributed by atoms with Gasteiger partial charge in [0.1, 0.15) is 0 Å². The van der Waals surface area contributed by atoms with Gasteiger partial charge in [0.2, 0.25) is 0 Å². The van der Waals surface area contributed by atoms with E-state index >= 15 is 0 Å². The first-order chi connectivity index (χ1) is 5.22. The van der Waals surface area contributed by atoms with Crippen molar-refractivity contribution in [2.24, 2.45) is 5.92 Å². The predicted octanol–water partition coefficient (Wildman–Crippen LogP) is 0.941. The summed E-state index contributed by atoms with van der Waals surface area (Å²) in [4.78, 5) is 0. The van der Waals surface area contributed by atoms with Crippen LogP contribution in [0.15, 0.2) is 12.2 Å². The van der Waals surface area contributed by atoms with Crippen LogP contribution in [-0.2, 0) is 4.74 Å². The second-order valence-electron chi connectivity index (χ2n) is 3.90. The lowest BCUT2D eigenvalue weighted by atomic mass is 9.88. The van der Waals surface area contributed by atoms with Gasteiger partial charge in [-0.15, -0.1) is 0 Å². The molecule has 0 aromatic heterocycles. The van der Waals surface area contributed by atoms with E-state index in [4.69, 9.17) is 4.74 Å². The van der Waals surface area contributed by atoms with Crippen molar-refractivity contribution in [3.8, 4) is 0 Å². The highest BCUT2D eigenvalue weighted by Gasteiger charge is 2.44. The molecule has 2 aliphatic heterocycles. The Balaban J connectivity index is 1.98. The molecule has 11 heavy (non-hydrogen) atoms. The van der Waals surface area contributed by atoms with E-state index in [0.717, 1.165) is 19.8 Å². The molecule has 1 N–H and O–H groups in total. The molecule has 2 heteroatoms. The highest BCUT2D eigenvalue weighted by atomic mass is 16.5. The molecule has 62 valence electrons. The van der Waals surface area contributed by atoms with Crippen molar-refractivity contribution < 1.29 is 4.74 Å². The zero-order valence-electron chi connectivity index (χ0n) is 7.02. The first-order valence-corrected chi connectivity index (χ1v) is 4.20.